The zero-order valence-electron chi connectivity index (χ0n) is 9.60. The van der Waals surface area contributed by atoms with Gasteiger partial charge in [0.2, 0.25) is 10.0 Å². The van der Waals surface area contributed by atoms with E-state index in [0.29, 0.717) is 30.1 Å². The molecule has 18 heavy (non-hydrogen) atoms. The van der Waals surface area contributed by atoms with Crippen LogP contribution in [0.3, 0.4) is 0 Å². The number of rotatable bonds is 3. The SMILES string of the molecule is NC(=S)c1ccc(CN2CCCS2(=O)=O)c(Cl)c1. The fraction of sp³-hybridized carbons (Fsp3) is 0.364. The minimum Gasteiger partial charge on any atom is -0.389 e. The van der Waals surface area contributed by atoms with E-state index in [1.807, 2.05) is 0 Å². The number of thiocarbonyl (C=S) groups is 1. The first-order chi connectivity index (χ1) is 8.40. The van der Waals surface area contributed by atoms with Gasteiger partial charge in [-0.1, -0.05) is 36.0 Å². The summed E-state index contributed by atoms with van der Waals surface area (Å²) in [5.41, 5.74) is 6.96. The first-order valence-corrected chi connectivity index (χ1v) is 7.86. The van der Waals surface area contributed by atoms with Gasteiger partial charge in [-0.05, 0) is 18.1 Å². The van der Waals surface area contributed by atoms with Crippen LogP contribution in [0.5, 0.6) is 0 Å². The highest BCUT2D eigenvalue weighted by atomic mass is 35.5. The topological polar surface area (TPSA) is 63.4 Å². The van der Waals surface area contributed by atoms with Gasteiger partial charge < -0.3 is 5.73 Å². The fourth-order valence-corrected chi connectivity index (χ4v) is 3.75. The van der Waals surface area contributed by atoms with Crippen molar-refractivity contribution in [3.63, 3.8) is 0 Å². The van der Waals surface area contributed by atoms with Gasteiger partial charge in [-0.3, -0.25) is 0 Å². The van der Waals surface area contributed by atoms with E-state index in [2.05, 4.69) is 0 Å². The highest BCUT2D eigenvalue weighted by molar-refractivity contribution is 7.89. The van der Waals surface area contributed by atoms with Crippen LogP contribution < -0.4 is 5.73 Å². The van der Waals surface area contributed by atoms with Gasteiger partial charge >= 0.3 is 0 Å². The predicted octanol–water partition coefficient (Wildman–Crippen LogP) is 1.51. The molecule has 0 atom stereocenters. The molecule has 7 heteroatoms. The predicted molar refractivity (Wildman–Crippen MR) is 76.2 cm³/mol. The molecule has 2 rings (SSSR count). The summed E-state index contributed by atoms with van der Waals surface area (Å²) in [6.07, 6.45) is 0.672. The van der Waals surface area contributed by atoms with Crippen LogP contribution in [0.25, 0.3) is 0 Å². The van der Waals surface area contributed by atoms with Gasteiger partial charge in [0, 0.05) is 23.7 Å². The van der Waals surface area contributed by atoms with Crippen molar-refractivity contribution in [1.29, 1.82) is 0 Å². The molecule has 1 heterocycles. The van der Waals surface area contributed by atoms with Crippen LogP contribution >= 0.6 is 23.8 Å². The van der Waals surface area contributed by atoms with Crippen molar-refractivity contribution >= 4 is 38.8 Å². The van der Waals surface area contributed by atoms with Crippen molar-refractivity contribution < 1.29 is 8.42 Å². The molecule has 1 aromatic carbocycles. The fourth-order valence-electron chi connectivity index (χ4n) is 1.89. The average molecular weight is 305 g/mol. The quantitative estimate of drug-likeness (QED) is 0.860. The molecule has 1 fully saturated rings. The van der Waals surface area contributed by atoms with E-state index >= 15 is 0 Å². The molecule has 2 N–H and O–H groups in total. The third-order valence-corrected chi connectivity index (χ3v) is 5.38. The molecule has 0 aliphatic carbocycles. The molecular weight excluding hydrogens is 292 g/mol. The third kappa shape index (κ3) is 2.83. The van der Waals surface area contributed by atoms with Gasteiger partial charge in [-0.15, -0.1) is 0 Å². The number of sulfonamides is 1. The molecule has 0 radical (unpaired) electrons. The standard InChI is InChI=1S/C11H13ClN2O2S2/c12-10-6-8(11(13)17)2-3-9(10)7-14-4-1-5-18(14,15)16/h2-3,6H,1,4-5,7H2,(H2,13,17). The number of nitrogens with zero attached hydrogens (tertiary/aromatic N) is 1. The number of halogens is 1. The maximum Gasteiger partial charge on any atom is 0.214 e. The van der Waals surface area contributed by atoms with Crippen LogP contribution in [0.1, 0.15) is 17.5 Å². The van der Waals surface area contributed by atoms with Crippen molar-refractivity contribution in [3.8, 4) is 0 Å². The van der Waals surface area contributed by atoms with Crippen molar-refractivity contribution in [2.45, 2.75) is 13.0 Å². The monoisotopic (exact) mass is 304 g/mol. The van der Waals surface area contributed by atoms with Crippen LogP contribution in [0, 0.1) is 0 Å². The van der Waals surface area contributed by atoms with Crippen LogP contribution in [-0.2, 0) is 16.6 Å². The first kappa shape index (κ1) is 13.7. The van der Waals surface area contributed by atoms with E-state index in [9.17, 15) is 8.42 Å². The Morgan fingerprint density at radius 2 is 2.22 bits per heavy atom. The molecule has 0 aromatic heterocycles. The van der Waals surface area contributed by atoms with E-state index in [1.54, 1.807) is 18.2 Å². The van der Waals surface area contributed by atoms with Crippen molar-refractivity contribution in [2.24, 2.45) is 5.73 Å². The Balaban J connectivity index is 2.23. The largest absolute Gasteiger partial charge is 0.389 e. The summed E-state index contributed by atoms with van der Waals surface area (Å²) in [4.78, 5) is 0.275. The third-order valence-electron chi connectivity index (χ3n) is 2.89. The van der Waals surface area contributed by atoms with Crippen LogP contribution in [0.2, 0.25) is 5.02 Å². The molecule has 0 unspecified atom stereocenters. The molecule has 0 spiro atoms. The molecule has 98 valence electrons. The Morgan fingerprint density at radius 1 is 1.50 bits per heavy atom. The molecule has 0 amide bonds. The molecule has 0 saturated carbocycles. The number of nitrogens with two attached hydrogens (primary N) is 1. The lowest BCUT2D eigenvalue weighted by Crippen LogP contribution is -2.25. The maximum atomic E-state index is 11.7. The highest BCUT2D eigenvalue weighted by Crippen LogP contribution is 2.23. The zero-order valence-corrected chi connectivity index (χ0v) is 12.0. The van der Waals surface area contributed by atoms with E-state index in [1.165, 1.54) is 4.31 Å². The summed E-state index contributed by atoms with van der Waals surface area (Å²) >= 11 is 11.0. The summed E-state index contributed by atoms with van der Waals surface area (Å²) in [5, 5.41) is 0.488. The molecule has 1 saturated heterocycles. The second-order valence-electron chi connectivity index (χ2n) is 4.17. The van der Waals surface area contributed by atoms with E-state index in [-0.39, 0.29) is 10.7 Å². The summed E-state index contributed by atoms with van der Waals surface area (Å²) < 4.78 is 24.8. The molecule has 1 aliphatic rings. The number of hydrogen-bond donors (Lipinski definition) is 1. The second kappa shape index (κ2) is 5.13. The molecular formula is C11H13ClN2O2S2. The molecule has 1 aromatic rings. The summed E-state index contributed by atoms with van der Waals surface area (Å²) in [5.74, 6) is 0.218. The van der Waals surface area contributed by atoms with Crippen molar-refractivity contribution in [1.82, 2.24) is 4.31 Å². The Labute approximate surface area is 117 Å². The van der Waals surface area contributed by atoms with E-state index in [4.69, 9.17) is 29.6 Å². The summed E-state index contributed by atoms with van der Waals surface area (Å²) in [6, 6.07) is 5.19. The number of benzene rings is 1. The number of hydrogen-bond acceptors (Lipinski definition) is 3. The molecule has 1 aliphatic heterocycles. The van der Waals surface area contributed by atoms with Gasteiger partial charge in [0.25, 0.3) is 0 Å². The molecule has 0 bridgehead atoms. The Bertz CT molecular complexity index is 587. The maximum absolute atomic E-state index is 11.7. The Morgan fingerprint density at radius 3 is 2.72 bits per heavy atom. The van der Waals surface area contributed by atoms with Crippen LogP contribution in [0.4, 0.5) is 0 Å². The highest BCUT2D eigenvalue weighted by Gasteiger charge is 2.28. The van der Waals surface area contributed by atoms with Crippen molar-refractivity contribution in [3.05, 3.63) is 34.3 Å². The summed E-state index contributed by atoms with van der Waals surface area (Å²) in [7, 11) is -3.10. The lowest BCUT2D eigenvalue weighted by molar-refractivity contribution is 0.440. The zero-order chi connectivity index (χ0) is 13.3. The minimum absolute atomic E-state index is 0.218. The lowest BCUT2D eigenvalue weighted by atomic mass is 10.1. The lowest BCUT2D eigenvalue weighted by Gasteiger charge is -2.15. The Kier molecular flexibility index (Phi) is 3.91. The van der Waals surface area contributed by atoms with Gasteiger partial charge in [0.15, 0.2) is 0 Å². The second-order valence-corrected chi connectivity index (χ2v) is 7.11. The summed E-state index contributed by atoms with van der Waals surface area (Å²) in [6.45, 7) is 0.856. The van der Waals surface area contributed by atoms with Crippen LogP contribution in [0.15, 0.2) is 18.2 Å². The first-order valence-electron chi connectivity index (χ1n) is 5.46. The smallest absolute Gasteiger partial charge is 0.214 e. The van der Waals surface area contributed by atoms with Gasteiger partial charge in [-0.25, -0.2) is 8.42 Å². The Hall–Kier alpha value is -0.690. The van der Waals surface area contributed by atoms with E-state index < -0.39 is 10.0 Å². The average Bonchev–Trinajstić information content (AvgIpc) is 2.61. The minimum atomic E-state index is -3.10. The normalized spacial score (nSPS) is 18.9. The van der Waals surface area contributed by atoms with Gasteiger partial charge in [-0.2, -0.15) is 4.31 Å². The molecule has 4 nitrogen and oxygen atoms in total. The van der Waals surface area contributed by atoms with Gasteiger partial charge in [0.1, 0.15) is 4.99 Å². The van der Waals surface area contributed by atoms with Gasteiger partial charge in [0.05, 0.1) is 5.75 Å². The van der Waals surface area contributed by atoms with Crippen LogP contribution in [-0.4, -0.2) is 30.0 Å². The van der Waals surface area contributed by atoms with E-state index in [0.717, 1.165) is 5.56 Å². The van der Waals surface area contributed by atoms with Crippen molar-refractivity contribution in [2.75, 3.05) is 12.3 Å².